The fourth-order valence-electron chi connectivity index (χ4n) is 12.5. The van der Waals surface area contributed by atoms with Crippen molar-refractivity contribution in [3.63, 3.8) is 0 Å². The van der Waals surface area contributed by atoms with Crippen LogP contribution in [0, 0.1) is 0 Å². The zero-order valence-electron chi connectivity index (χ0n) is 42.8. The second-order valence-corrected chi connectivity index (χ2v) is 20.3. The molecule has 0 atom stereocenters. The number of fused-ring (bicyclic) bond motifs is 14. The Bertz CT molecular complexity index is 4750. The molecule has 2 aromatic heterocycles. The van der Waals surface area contributed by atoms with E-state index in [0.717, 1.165) is 0 Å². The van der Waals surface area contributed by atoms with Crippen LogP contribution < -0.4 is 0 Å². The maximum absolute atomic E-state index is 2.44. The van der Waals surface area contributed by atoms with Crippen LogP contribution >= 0.6 is 0 Å². The summed E-state index contributed by atoms with van der Waals surface area (Å²) in [5, 5.41) is 15.5. The van der Waals surface area contributed by atoms with Crippen molar-refractivity contribution in [2.24, 2.45) is 0 Å². The second-order valence-electron chi connectivity index (χ2n) is 20.3. The van der Waals surface area contributed by atoms with Gasteiger partial charge in [-0.25, -0.2) is 0 Å². The summed E-state index contributed by atoms with van der Waals surface area (Å²) in [7, 11) is 0. The van der Waals surface area contributed by atoms with Crippen LogP contribution in [0.5, 0.6) is 0 Å². The van der Waals surface area contributed by atoms with Gasteiger partial charge in [0.15, 0.2) is 0 Å². The van der Waals surface area contributed by atoms with Gasteiger partial charge >= 0.3 is 0 Å². The minimum absolute atomic E-state index is 1.17. The highest BCUT2D eigenvalue weighted by molar-refractivity contribution is 6.30. The van der Waals surface area contributed by atoms with Crippen LogP contribution in [0.2, 0.25) is 0 Å². The van der Waals surface area contributed by atoms with Gasteiger partial charge < -0.3 is 9.13 Å². The van der Waals surface area contributed by atoms with Gasteiger partial charge in [0.1, 0.15) is 0 Å². The highest BCUT2D eigenvalue weighted by Gasteiger charge is 2.20. The summed E-state index contributed by atoms with van der Waals surface area (Å²) < 4.78 is 4.87. The number of aromatic nitrogens is 2. The Morgan fingerprint density at radius 1 is 0.179 bits per heavy atom. The van der Waals surface area contributed by atoms with Crippen LogP contribution in [0.25, 0.3) is 143 Å². The molecule has 0 amide bonds. The number of rotatable bonds is 6. The molecule has 0 radical (unpaired) electrons. The molecule has 0 aliphatic heterocycles. The van der Waals surface area contributed by atoms with Crippen molar-refractivity contribution in [2.45, 2.75) is 0 Å². The van der Waals surface area contributed by atoms with Crippen LogP contribution in [0.4, 0.5) is 0 Å². The van der Waals surface area contributed by atoms with Gasteiger partial charge in [-0.1, -0.05) is 255 Å². The van der Waals surface area contributed by atoms with E-state index in [4.69, 9.17) is 0 Å². The third-order valence-corrected chi connectivity index (χ3v) is 16.0. The Balaban J connectivity index is 0.000000136. The third kappa shape index (κ3) is 7.49. The topological polar surface area (TPSA) is 9.86 Å². The van der Waals surface area contributed by atoms with E-state index in [2.05, 4.69) is 312 Å². The first-order chi connectivity index (χ1) is 38.7. The molecule has 0 saturated carbocycles. The molecule has 364 valence electrons. The molecule has 0 aliphatic carbocycles. The smallest absolute Gasteiger partial charge is 0.0547 e. The summed E-state index contributed by atoms with van der Waals surface area (Å²) in [6, 6.07) is 110. The van der Waals surface area contributed by atoms with Crippen LogP contribution in [0.1, 0.15) is 0 Å². The van der Waals surface area contributed by atoms with Gasteiger partial charge in [0.2, 0.25) is 0 Å². The summed E-state index contributed by atoms with van der Waals surface area (Å²) in [4.78, 5) is 0. The molecular weight excluding hydrogens is 941 g/mol. The Labute approximate surface area is 452 Å². The molecule has 16 aromatic rings. The number of nitrogens with zero attached hydrogens (tertiary/aromatic N) is 2. The van der Waals surface area contributed by atoms with Crippen molar-refractivity contribution in [3.8, 4) is 55.9 Å². The summed E-state index contributed by atoms with van der Waals surface area (Å²) in [6.45, 7) is 0. The van der Waals surface area contributed by atoms with Gasteiger partial charge in [0, 0.05) is 32.9 Å². The molecule has 16 rings (SSSR count). The lowest BCUT2D eigenvalue weighted by Crippen LogP contribution is -1.95. The molecule has 2 nitrogen and oxygen atoms in total. The van der Waals surface area contributed by atoms with Crippen molar-refractivity contribution in [3.05, 3.63) is 303 Å². The van der Waals surface area contributed by atoms with E-state index >= 15 is 0 Å². The zero-order valence-corrected chi connectivity index (χ0v) is 42.8. The quantitative estimate of drug-likeness (QED) is 0.157. The van der Waals surface area contributed by atoms with Gasteiger partial charge in [0.05, 0.1) is 22.1 Å². The summed E-state index contributed by atoms with van der Waals surface area (Å²) in [5.41, 5.74) is 17.1. The monoisotopic (exact) mass is 990 g/mol. The first-order valence-corrected chi connectivity index (χ1v) is 26.9. The molecule has 0 bridgehead atoms. The molecule has 2 heteroatoms. The number of benzene rings is 14. The van der Waals surface area contributed by atoms with Crippen LogP contribution in [0.3, 0.4) is 0 Å². The Hall–Kier alpha value is -10.3. The van der Waals surface area contributed by atoms with Crippen molar-refractivity contribution < 1.29 is 0 Å². The predicted molar refractivity (Wildman–Crippen MR) is 333 cm³/mol. The summed E-state index contributed by atoms with van der Waals surface area (Å²) in [5.74, 6) is 0. The van der Waals surface area contributed by atoms with Gasteiger partial charge in [-0.15, -0.1) is 0 Å². The molecular formula is C76H50N2. The average Bonchev–Trinajstić information content (AvgIpc) is 4.16. The average molecular weight is 991 g/mol. The van der Waals surface area contributed by atoms with E-state index in [9.17, 15) is 0 Å². The second kappa shape index (κ2) is 18.8. The van der Waals surface area contributed by atoms with E-state index in [1.165, 1.54) is 143 Å². The van der Waals surface area contributed by atoms with Crippen LogP contribution in [0.15, 0.2) is 303 Å². The Morgan fingerprint density at radius 3 is 0.859 bits per heavy atom. The third-order valence-electron chi connectivity index (χ3n) is 16.0. The summed E-state index contributed by atoms with van der Waals surface area (Å²) >= 11 is 0. The van der Waals surface area contributed by atoms with E-state index in [1.807, 2.05) is 0 Å². The predicted octanol–water partition coefficient (Wildman–Crippen LogP) is 20.8. The lowest BCUT2D eigenvalue weighted by molar-refractivity contribution is 1.18. The van der Waals surface area contributed by atoms with Gasteiger partial charge in [-0.05, 0) is 136 Å². The van der Waals surface area contributed by atoms with E-state index in [-0.39, 0.29) is 0 Å². The minimum atomic E-state index is 1.17. The normalized spacial score (nSPS) is 11.6. The molecule has 2 heterocycles. The molecule has 0 N–H and O–H groups in total. The van der Waals surface area contributed by atoms with Gasteiger partial charge in [-0.3, -0.25) is 0 Å². The summed E-state index contributed by atoms with van der Waals surface area (Å²) in [6.07, 6.45) is 0. The van der Waals surface area contributed by atoms with E-state index in [0.29, 0.717) is 0 Å². The van der Waals surface area contributed by atoms with E-state index in [1.54, 1.807) is 0 Å². The molecule has 0 fully saturated rings. The molecule has 0 saturated heterocycles. The number of hydrogen-bond acceptors (Lipinski definition) is 0. The van der Waals surface area contributed by atoms with Crippen LogP contribution in [-0.4, -0.2) is 9.13 Å². The molecule has 14 aromatic carbocycles. The van der Waals surface area contributed by atoms with Crippen molar-refractivity contribution in [2.75, 3.05) is 0 Å². The van der Waals surface area contributed by atoms with E-state index < -0.39 is 0 Å². The minimum Gasteiger partial charge on any atom is -0.309 e. The SMILES string of the molecule is c1ccc(-c2ccccc2-c2ccc(-n3c4ccc5ccccc5c4c4c5ccccc5ccc43)cc2)cc1.c1ccc(-c2ccccc2-c2cccc(-n3c4ccc5ccccc5c4c4c5ccccc5ccc43)c2)cc1. The molecule has 0 unspecified atom stereocenters. The van der Waals surface area contributed by atoms with Gasteiger partial charge in [0.25, 0.3) is 0 Å². The lowest BCUT2D eigenvalue weighted by Gasteiger charge is -2.13. The number of hydrogen-bond donors (Lipinski definition) is 0. The highest BCUT2D eigenvalue weighted by Crippen LogP contribution is 2.44. The van der Waals surface area contributed by atoms with Crippen molar-refractivity contribution >= 4 is 86.7 Å². The Morgan fingerprint density at radius 2 is 0.474 bits per heavy atom. The fraction of sp³-hybridized carbons (Fsp3) is 0. The first kappa shape index (κ1) is 45.1. The zero-order chi connectivity index (χ0) is 51.5. The molecule has 0 aliphatic rings. The lowest BCUT2D eigenvalue weighted by atomic mass is 9.94. The Kier molecular flexibility index (Phi) is 10.9. The fourth-order valence-corrected chi connectivity index (χ4v) is 12.5. The maximum atomic E-state index is 2.44. The largest absolute Gasteiger partial charge is 0.309 e. The molecule has 78 heavy (non-hydrogen) atoms. The van der Waals surface area contributed by atoms with Gasteiger partial charge in [-0.2, -0.15) is 0 Å². The van der Waals surface area contributed by atoms with Crippen LogP contribution in [-0.2, 0) is 0 Å². The molecule has 0 spiro atoms. The van der Waals surface area contributed by atoms with Crippen molar-refractivity contribution in [1.82, 2.24) is 9.13 Å². The maximum Gasteiger partial charge on any atom is 0.0547 e. The standard InChI is InChI=1S/2C38H25N/c1-2-11-26(12-3-1)31-17-8-9-18-32(31)29-15-10-16-30(25-29)39-35-23-21-27-13-4-6-19-33(27)37(35)38-34-20-7-5-14-28(34)22-24-36(38)39;1-2-10-26(11-3-1)31-14-8-9-15-32(31)29-18-22-30(23-19-29)39-35-24-20-27-12-4-6-16-33(27)37(35)38-34-17-7-5-13-28(34)21-25-36(38)39/h2*1-25H. The highest BCUT2D eigenvalue weighted by atomic mass is 15.0. The van der Waals surface area contributed by atoms with Crippen molar-refractivity contribution in [1.29, 1.82) is 0 Å². The first-order valence-electron chi connectivity index (χ1n) is 26.9.